The van der Waals surface area contributed by atoms with Gasteiger partial charge in [-0.1, -0.05) is 41.4 Å². The maximum Gasteiger partial charge on any atom is 0.0904 e. The van der Waals surface area contributed by atoms with E-state index >= 15 is 0 Å². The van der Waals surface area contributed by atoms with Gasteiger partial charge in [0.15, 0.2) is 0 Å². The molecule has 0 atom stereocenters. The van der Waals surface area contributed by atoms with Crippen LogP contribution in [0.3, 0.4) is 0 Å². The number of hydrogen-bond donors (Lipinski definition) is 0. The lowest BCUT2D eigenvalue weighted by molar-refractivity contribution is 0.938. The zero-order valence-electron chi connectivity index (χ0n) is 9.46. The summed E-state index contributed by atoms with van der Waals surface area (Å²) in [6.45, 7) is 4.28. The normalized spacial score (nSPS) is 10.7. The van der Waals surface area contributed by atoms with Crippen molar-refractivity contribution in [3.05, 3.63) is 38.6 Å². The number of benzene rings is 1. The fourth-order valence-electron chi connectivity index (χ4n) is 1.73. The van der Waals surface area contributed by atoms with Gasteiger partial charge >= 0.3 is 0 Å². The molecule has 2 rings (SSSR count). The molecule has 0 N–H and O–H groups in total. The molecule has 1 aromatic carbocycles. The van der Waals surface area contributed by atoms with E-state index in [2.05, 4.69) is 53.0 Å². The summed E-state index contributed by atoms with van der Waals surface area (Å²) in [5.41, 5.74) is 2.37. The van der Waals surface area contributed by atoms with E-state index in [0.29, 0.717) is 0 Å². The average molecular weight is 296 g/mol. The molecule has 0 saturated heterocycles. The monoisotopic (exact) mass is 295 g/mol. The standard InChI is InChI=1S/C13H14BrNS/c1-3-5-12-13(15-9(2)16-12)10-6-4-7-11(14)8-10/h4,6-8H,3,5H2,1-2H3. The SMILES string of the molecule is CCCc1sc(C)nc1-c1cccc(Br)c1. The van der Waals surface area contributed by atoms with Crippen LogP contribution in [0.4, 0.5) is 0 Å². The first-order valence-electron chi connectivity index (χ1n) is 5.43. The highest BCUT2D eigenvalue weighted by Gasteiger charge is 2.10. The van der Waals surface area contributed by atoms with Crippen LogP contribution in [0.1, 0.15) is 23.2 Å². The lowest BCUT2D eigenvalue weighted by Gasteiger charge is -2.01. The van der Waals surface area contributed by atoms with Gasteiger partial charge < -0.3 is 0 Å². The van der Waals surface area contributed by atoms with E-state index in [4.69, 9.17) is 0 Å². The predicted octanol–water partition coefficient (Wildman–Crippen LogP) is 4.83. The molecule has 0 unspecified atom stereocenters. The Bertz CT molecular complexity index is 490. The lowest BCUT2D eigenvalue weighted by atomic mass is 10.1. The third-order valence-electron chi connectivity index (χ3n) is 2.38. The molecular weight excluding hydrogens is 282 g/mol. The third-order valence-corrected chi connectivity index (χ3v) is 3.90. The molecule has 3 heteroatoms. The molecule has 0 aliphatic carbocycles. The third kappa shape index (κ3) is 2.53. The summed E-state index contributed by atoms with van der Waals surface area (Å²) in [4.78, 5) is 6.04. The van der Waals surface area contributed by atoms with E-state index in [1.807, 2.05) is 17.4 Å². The number of nitrogens with zero attached hydrogens (tertiary/aromatic N) is 1. The van der Waals surface area contributed by atoms with Crippen LogP contribution < -0.4 is 0 Å². The van der Waals surface area contributed by atoms with Crippen LogP contribution >= 0.6 is 27.3 Å². The summed E-state index contributed by atoms with van der Waals surface area (Å²) in [7, 11) is 0. The Kier molecular flexibility index (Phi) is 3.77. The van der Waals surface area contributed by atoms with Crippen LogP contribution in [0.2, 0.25) is 0 Å². The number of rotatable bonds is 3. The largest absolute Gasteiger partial charge is 0.241 e. The first-order valence-corrected chi connectivity index (χ1v) is 7.04. The molecule has 2 aromatic rings. The summed E-state index contributed by atoms with van der Waals surface area (Å²) < 4.78 is 1.11. The van der Waals surface area contributed by atoms with Gasteiger partial charge in [0.1, 0.15) is 0 Å². The molecule has 0 aliphatic rings. The van der Waals surface area contributed by atoms with Crippen molar-refractivity contribution < 1.29 is 0 Å². The molecule has 1 nitrogen and oxygen atoms in total. The number of hydrogen-bond acceptors (Lipinski definition) is 2. The van der Waals surface area contributed by atoms with Crippen LogP contribution in [0.5, 0.6) is 0 Å². The topological polar surface area (TPSA) is 12.9 Å². The minimum absolute atomic E-state index is 1.11. The predicted molar refractivity (Wildman–Crippen MR) is 74.0 cm³/mol. The highest BCUT2D eigenvalue weighted by Crippen LogP contribution is 2.30. The molecule has 0 aliphatic heterocycles. The van der Waals surface area contributed by atoms with E-state index in [1.54, 1.807) is 0 Å². The Morgan fingerprint density at radius 1 is 1.38 bits per heavy atom. The van der Waals surface area contributed by atoms with Gasteiger partial charge in [-0.2, -0.15) is 0 Å². The van der Waals surface area contributed by atoms with Gasteiger partial charge in [-0.3, -0.25) is 0 Å². The maximum atomic E-state index is 4.64. The molecule has 0 spiro atoms. The molecule has 1 heterocycles. The van der Waals surface area contributed by atoms with Crippen molar-refractivity contribution >= 4 is 27.3 Å². The Labute approximate surface area is 109 Å². The van der Waals surface area contributed by atoms with Crippen molar-refractivity contribution in [1.29, 1.82) is 0 Å². The van der Waals surface area contributed by atoms with Gasteiger partial charge in [0.25, 0.3) is 0 Å². The summed E-state index contributed by atoms with van der Waals surface area (Å²) in [5, 5.41) is 1.15. The van der Waals surface area contributed by atoms with E-state index in [9.17, 15) is 0 Å². The second-order valence-electron chi connectivity index (χ2n) is 3.77. The minimum Gasteiger partial charge on any atom is -0.241 e. The van der Waals surface area contributed by atoms with Crippen molar-refractivity contribution in [1.82, 2.24) is 4.98 Å². The first kappa shape index (κ1) is 11.8. The van der Waals surface area contributed by atoms with E-state index in [1.165, 1.54) is 16.9 Å². The van der Waals surface area contributed by atoms with Crippen molar-refractivity contribution in [2.45, 2.75) is 26.7 Å². The fraction of sp³-hybridized carbons (Fsp3) is 0.308. The van der Waals surface area contributed by atoms with Crippen molar-refractivity contribution in [3.63, 3.8) is 0 Å². The summed E-state index contributed by atoms with van der Waals surface area (Å²) >= 11 is 5.32. The molecule has 0 saturated carbocycles. The summed E-state index contributed by atoms with van der Waals surface area (Å²) in [5.74, 6) is 0. The van der Waals surface area contributed by atoms with Gasteiger partial charge in [-0.15, -0.1) is 11.3 Å². The molecule has 84 valence electrons. The highest BCUT2D eigenvalue weighted by molar-refractivity contribution is 9.10. The van der Waals surface area contributed by atoms with Gasteiger partial charge in [0.05, 0.1) is 10.7 Å². The van der Waals surface area contributed by atoms with E-state index in [-0.39, 0.29) is 0 Å². The fourth-order valence-corrected chi connectivity index (χ4v) is 3.19. The van der Waals surface area contributed by atoms with Gasteiger partial charge in [-0.25, -0.2) is 4.98 Å². The zero-order chi connectivity index (χ0) is 11.5. The number of thiazole rings is 1. The van der Waals surface area contributed by atoms with E-state index in [0.717, 1.165) is 21.6 Å². The molecule has 0 radical (unpaired) electrons. The van der Waals surface area contributed by atoms with E-state index < -0.39 is 0 Å². The van der Waals surface area contributed by atoms with Crippen molar-refractivity contribution in [2.75, 3.05) is 0 Å². The van der Waals surface area contributed by atoms with Crippen molar-refractivity contribution in [2.24, 2.45) is 0 Å². The Morgan fingerprint density at radius 2 is 2.19 bits per heavy atom. The smallest absolute Gasteiger partial charge is 0.0904 e. The number of halogens is 1. The van der Waals surface area contributed by atoms with Crippen LogP contribution in [-0.2, 0) is 6.42 Å². The maximum absolute atomic E-state index is 4.64. The van der Waals surface area contributed by atoms with Crippen LogP contribution in [-0.4, -0.2) is 4.98 Å². The molecule has 0 bridgehead atoms. The summed E-state index contributed by atoms with van der Waals surface area (Å²) in [6.07, 6.45) is 2.29. The van der Waals surface area contributed by atoms with Gasteiger partial charge in [0, 0.05) is 14.9 Å². The van der Waals surface area contributed by atoms with Gasteiger partial charge in [0.2, 0.25) is 0 Å². The van der Waals surface area contributed by atoms with Gasteiger partial charge in [-0.05, 0) is 25.5 Å². The first-order chi connectivity index (χ1) is 7.70. The van der Waals surface area contributed by atoms with Crippen molar-refractivity contribution in [3.8, 4) is 11.3 Å². The summed E-state index contributed by atoms with van der Waals surface area (Å²) in [6, 6.07) is 8.36. The Hall–Kier alpha value is -0.670. The quantitative estimate of drug-likeness (QED) is 0.790. The molecular formula is C13H14BrNS. The lowest BCUT2D eigenvalue weighted by Crippen LogP contribution is -1.85. The zero-order valence-corrected chi connectivity index (χ0v) is 11.9. The molecule has 16 heavy (non-hydrogen) atoms. The highest BCUT2D eigenvalue weighted by atomic mass is 79.9. The van der Waals surface area contributed by atoms with Crippen LogP contribution in [0.15, 0.2) is 28.7 Å². The Morgan fingerprint density at radius 3 is 2.88 bits per heavy atom. The second kappa shape index (κ2) is 5.11. The molecule has 0 fully saturated rings. The molecule has 0 amide bonds. The van der Waals surface area contributed by atoms with Crippen LogP contribution in [0, 0.1) is 6.92 Å². The number of aryl methyl sites for hydroxylation is 2. The van der Waals surface area contributed by atoms with Crippen LogP contribution in [0.25, 0.3) is 11.3 Å². The molecule has 1 aromatic heterocycles. The Balaban J connectivity index is 2.46. The second-order valence-corrected chi connectivity index (χ2v) is 5.97. The average Bonchev–Trinajstić information content (AvgIpc) is 2.60. The number of aromatic nitrogens is 1. The minimum atomic E-state index is 1.11.